The number of methoxy groups -OCH3 is 2. The topological polar surface area (TPSA) is 85.3 Å². The predicted molar refractivity (Wildman–Crippen MR) is 146 cm³/mol. The van der Waals surface area contributed by atoms with Crippen LogP contribution in [-0.2, 0) is 16.0 Å². The van der Waals surface area contributed by atoms with Crippen LogP contribution in [0, 0.1) is 6.92 Å². The number of aryl methyl sites for hydroxylation is 1. The van der Waals surface area contributed by atoms with Crippen molar-refractivity contribution in [2.24, 2.45) is 0 Å². The van der Waals surface area contributed by atoms with Crippen molar-refractivity contribution < 1.29 is 28.9 Å². The second-order valence-corrected chi connectivity index (χ2v) is 9.20. The van der Waals surface area contributed by atoms with Crippen molar-refractivity contribution in [1.29, 1.82) is 0 Å². The van der Waals surface area contributed by atoms with Crippen molar-refractivity contribution in [3.63, 3.8) is 0 Å². The van der Waals surface area contributed by atoms with Gasteiger partial charge in [-0.25, -0.2) is 0 Å². The van der Waals surface area contributed by atoms with E-state index in [9.17, 15) is 14.7 Å². The van der Waals surface area contributed by atoms with Crippen molar-refractivity contribution in [1.82, 2.24) is 4.90 Å². The molecule has 1 unspecified atom stereocenters. The number of likely N-dealkylation sites (tertiary alicyclic amines) is 1. The number of carbonyl (C=O) groups excluding carboxylic acids is 2. The molecule has 1 aliphatic rings. The molecule has 3 aromatic carbocycles. The van der Waals surface area contributed by atoms with E-state index in [1.165, 1.54) is 4.90 Å². The first kappa shape index (κ1) is 26.8. The number of aliphatic hydroxyl groups is 1. The van der Waals surface area contributed by atoms with Gasteiger partial charge in [0.25, 0.3) is 11.7 Å². The summed E-state index contributed by atoms with van der Waals surface area (Å²) in [6.07, 6.45) is 1.40. The van der Waals surface area contributed by atoms with E-state index in [0.717, 1.165) is 23.3 Å². The molecule has 0 bridgehead atoms. The molecule has 198 valence electrons. The van der Waals surface area contributed by atoms with Crippen LogP contribution in [0.25, 0.3) is 5.76 Å². The maximum atomic E-state index is 13.4. The summed E-state index contributed by atoms with van der Waals surface area (Å²) in [5.41, 5.74) is 3.01. The summed E-state index contributed by atoms with van der Waals surface area (Å²) in [5, 5.41) is 11.4. The molecule has 4 rings (SSSR count). The van der Waals surface area contributed by atoms with Crippen LogP contribution in [0.1, 0.15) is 41.6 Å². The zero-order chi connectivity index (χ0) is 27.2. The number of ether oxygens (including phenoxy) is 3. The number of hydrogen-bond donors (Lipinski definition) is 1. The molecule has 0 saturated carbocycles. The second-order valence-electron chi connectivity index (χ2n) is 9.20. The summed E-state index contributed by atoms with van der Waals surface area (Å²) in [6, 6.07) is 19.3. The summed E-state index contributed by atoms with van der Waals surface area (Å²) >= 11 is 0. The van der Waals surface area contributed by atoms with Gasteiger partial charge in [-0.1, -0.05) is 31.2 Å². The molecule has 1 heterocycles. The van der Waals surface area contributed by atoms with Crippen molar-refractivity contribution >= 4 is 17.4 Å². The largest absolute Gasteiger partial charge is 0.507 e. The molecule has 38 heavy (non-hydrogen) atoms. The Morgan fingerprint density at radius 1 is 0.947 bits per heavy atom. The van der Waals surface area contributed by atoms with E-state index in [1.54, 1.807) is 44.6 Å². The number of hydrogen-bond acceptors (Lipinski definition) is 6. The highest BCUT2D eigenvalue weighted by Crippen LogP contribution is 2.40. The van der Waals surface area contributed by atoms with Gasteiger partial charge in [-0.05, 0) is 78.9 Å². The Labute approximate surface area is 223 Å². The molecule has 1 amide bonds. The van der Waals surface area contributed by atoms with Crippen LogP contribution < -0.4 is 14.2 Å². The molecule has 1 atom stereocenters. The second kappa shape index (κ2) is 11.9. The minimum atomic E-state index is -0.764. The first-order chi connectivity index (χ1) is 18.4. The summed E-state index contributed by atoms with van der Waals surface area (Å²) in [5.74, 6) is 0.478. The van der Waals surface area contributed by atoms with Gasteiger partial charge in [-0.15, -0.1) is 0 Å². The molecule has 0 spiro atoms. The standard InChI is InChI=1S/C31H33NO6/c1-5-17-38-26-14-11-23(18-20(26)2)29(33)27-28(22-7-6-8-25(19-22)37-4)32(31(35)30(27)34)16-15-21-9-12-24(36-3)13-10-21/h6-14,18-19,28,33H,5,15-17H2,1-4H3/b29-27-. The smallest absolute Gasteiger partial charge is 0.295 e. The van der Waals surface area contributed by atoms with E-state index in [-0.39, 0.29) is 11.3 Å². The van der Waals surface area contributed by atoms with Gasteiger partial charge in [0.1, 0.15) is 23.0 Å². The molecule has 0 aromatic heterocycles. The molecule has 0 aliphatic carbocycles. The summed E-state index contributed by atoms with van der Waals surface area (Å²) in [6.45, 7) is 4.79. The normalized spacial score (nSPS) is 16.5. The highest BCUT2D eigenvalue weighted by Gasteiger charge is 2.46. The van der Waals surface area contributed by atoms with Crippen molar-refractivity contribution in [2.75, 3.05) is 27.4 Å². The Balaban J connectivity index is 1.74. The average molecular weight is 516 g/mol. The molecule has 1 N–H and O–H groups in total. The minimum Gasteiger partial charge on any atom is -0.507 e. The van der Waals surface area contributed by atoms with Crippen LogP contribution >= 0.6 is 0 Å². The van der Waals surface area contributed by atoms with E-state index in [1.807, 2.05) is 50.2 Å². The van der Waals surface area contributed by atoms with E-state index >= 15 is 0 Å². The quantitative estimate of drug-likeness (QED) is 0.219. The zero-order valence-corrected chi connectivity index (χ0v) is 22.2. The Kier molecular flexibility index (Phi) is 8.36. The average Bonchev–Trinajstić information content (AvgIpc) is 3.20. The van der Waals surface area contributed by atoms with Gasteiger partial charge < -0.3 is 24.2 Å². The van der Waals surface area contributed by atoms with Crippen molar-refractivity contribution in [3.8, 4) is 17.2 Å². The number of nitrogens with zero attached hydrogens (tertiary/aromatic N) is 1. The maximum absolute atomic E-state index is 13.4. The predicted octanol–water partition coefficient (Wildman–Crippen LogP) is 5.47. The summed E-state index contributed by atoms with van der Waals surface area (Å²) in [4.78, 5) is 28.2. The number of ketones is 1. The lowest BCUT2D eigenvalue weighted by Gasteiger charge is -2.26. The molecule has 7 nitrogen and oxygen atoms in total. The number of aliphatic hydroxyl groups excluding tert-OH is 1. The van der Waals surface area contributed by atoms with Gasteiger partial charge in [0.2, 0.25) is 0 Å². The Morgan fingerprint density at radius 2 is 1.68 bits per heavy atom. The van der Waals surface area contributed by atoms with Gasteiger partial charge in [0, 0.05) is 12.1 Å². The van der Waals surface area contributed by atoms with Gasteiger partial charge in [-0.2, -0.15) is 0 Å². The highest BCUT2D eigenvalue weighted by atomic mass is 16.5. The number of Topliss-reactive ketones (excluding diaryl/α,β-unsaturated/α-hetero) is 1. The molecular formula is C31H33NO6. The number of carbonyl (C=O) groups is 2. The lowest BCUT2D eigenvalue weighted by atomic mass is 9.94. The van der Waals surface area contributed by atoms with Crippen LogP contribution in [0.3, 0.4) is 0 Å². The monoisotopic (exact) mass is 515 g/mol. The van der Waals surface area contributed by atoms with Crippen LogP contribution in [0.15, 0.2) is 72.3 Å². The fourth-order valence-corrected chi connectivity index (χ4v) is 4.64. The number of amides is 1. The molecule has 1 saturated heterocycles. The molecule has 1 aliphatic heterocycles. The first-order valence-electron chi connectivity index (χ1n) is 12.7. The minimum absolute atomic E-state index is 0.0552. The van der Waals surface area contributed by atoms with E-state index in [2.05, 4.69) is 0 Å². The lowest BCUT2D eigenvalue weighted by molar-refractivity contribution is -0.139. The molecular weight excluding hydrogens is 482 g/mol. The molecule has 7 heteroatoms. The molecule has 1 fully saturated rings. The van der Waals surface area contributed by atoms with Crippen LogP contribution in [-0.4, -0.2) is 49.1 Å². The van der Waals surface area contributed by atoms with E-state index < -0.39 is 17.7 Å². The zero-order valence-electron chi connectivity index (χ0n) is 22.2. The molecule has 3 aromatic rings. The van der Waals surface area contributed by atoms with Gasteiger partial charge >= 0.3 is 0 Å². The third kappa shape index (κ3) is 5.52. The van der Waals surface area contributed by atoms with E-state index in [4.69, 9.17) is 14.2 Å². The fourth-order valence-electron chi connectivity index (χ4n) is 4.64. The third-order valence-corrected chi connectivity index (χ3v) is 6.66. The maximum Gasteiger partial charge on any atom is 0.295 e. The molecule has 0 radical (unpaired) electrons. The van der Waals surface area contributed by atoms with Crippen LogP contribution in [0.4, 0.5) is 0 Å². The summed E-state index contributed by atoms with van der Waals surface area (Å²) < 4.78 is 16.4. The number of rotatable bonds is 10. The Bertz CT molecular complexity index is 1340. The SMILES string of the molecule is CCCOc1ccc(/C(O)=C2/C(=O)C(=O)N(CCc3ccc(OC)cc3)C2c2cccc(OC)c2)cc1C. The lowest BCUT2D eigenvalue weighted by Crippen LogP contribution is -2.31. The third-order valence-electron chi connectivity index (χ3n) is 6.66. The Morgan fingerprint density at radius 3 is 2.34 bits per heavy atom. The van der Waals surface area contributed by atoms with Gasteiger partial charge in [0.05, 0.1) is 32.4 Å². The van der Waals surface area contributed by atoms with Crippen LogP contribution in [0.5, 0.6) is 17.2 Å². The number of benzene rings is 3. The van der Waals surface area contributed by atoms with Crippen molar-refractivity contribution in [3.05, 3.63) is 94.6 Å². The highest BCUT2D eigenvalue weighted by molar-refractivity contribution is 6.46. The first-order valence-corrected chi connectivity index (χ1v) is 12.7. The summed E-state index contributed by atoms with van der Waals surface area (Å²) in [7, 11) is 3.17. The Hall–Kier alpha value is -4.26. The van der Waals surface area contributed by atoms with E-state index in [0.29, 0.717) is 42.2 Å². The van der Waals surface area contributed by atoms with Crippen molar-refractivity contribution in [2.45, 2.75) is 32.7 Å². The van der Waals surface area contributed by atoms with Gasteiger partial charge in [-0.3, -0.25) is 9.59 Å². The van der Waals surface area contributed by atoms with Crippen LogP contribution in [0.2, 0.25) is 0 Å². The fraction of sp³-hybridized carbons (Fsp3) is 0.290. The van der Waals surface area contributed by atoms with Gasteiger partial charge in [0.15, 0.2) is 0 Å².